The van der Waals surface area contributed by atoms with Gasteiger partial charge in [-0.1, -0.05) is 6.92 Å². The highest BCUT2D eigenvalue weighted by Crippen LogP contribution is 2.33. The van der Waals surface area contributed by atoms with Crippen LogP contribution in [0.2, 0.25) is 0 Å². The van der Waals surface area contributed by atoms with Crippen molar-refractivity contribution in [3.8, 4) is 0 Å². The van der Waals surface area contributed by atoms with E-state index in [4.69, 9.17) is 0 Å². The van der Waals surface area contributed by atoms with Gasteiger partial charge in [-0.2, -0.15) is 11.8 Å². The van der Waals surface area contributed by atoms with E-state index >= 15 is 0 Å². The number of hydrogen-bond acceptors (Lipinski definition) is 2. The molecule has 2 fully saturated rings. The zero-order valence-electron chi connectivity index (χ0n) is 10.2. The first-order chi connectivity index (χ1) is 7.18. The second kappa shape index (κ2) is 5.09. The van der Waals surface area contributed by atoms with E-state index in [0.29, 0.717) is 5.54 Å². The third kappa shape index (κ3) is 3.39. The highest BCUT2D eigenvalue weighted by Gasteiger charge is 2.31. The van der Waals surface area contributed by atoms with Crippen LogP contribution in [0.25, 0.3) is 0 Å². The lowest BCUT2D eigenvalue weighted by atomic mass is 9.78. The minimum atomic E-state index is 0.458. The van der Waals surface area contributed by atoms with Crippen LogP contribution >= 0.6 is 11.8 Å². The summed E-state index contributed by atoms with van der Waals surface area (Å²) in [5, 5.41) is 3.94. The van der Waals surface area contributed by atoms with Crippen LogP contribution in [0.5, 0.6) is 0 Å². The monoisotopic (exact) mass is 227 g/mol. The van der Waals surface area contributed by atoms with E-state index in [1.165, 1.54) is 50.0 Å². The van der Waals surface area contributed by atoms with E-state index in [2.05, 4.69) is 30.9 Å². The van der Waals surface area contributed by atoms with Crippen LogP contribution in [0, 0.1) is 5.92 Å². The number of rotatable bonds is 2. The largest absolute Gasteiger partial charge is 0.309 e. The van der Waals surface area contributed by atoms with Crippen LogP contribution in [0.1, 0.15) is 52.4 Å². The maximum Gasteiger partial charge on any atom is 0.0156 e. The third-order valence-corrected chi connectivity index (χ3v) is 5.20. The van der Waals surface area contributed by atoms with Crippen molar-refractivity contribution in [3.63, 3.8) is 0 Å². The van der Waals surface area contributed by atoms with Gasteiger partial charge in [-0.3, -0.25) is 0 Å². The quantitative estimate of drug-likeness (QED) is 0.775. The molecule has 0 unspecified atom stereocenters. The predicted octanol–water partition coefficient (Wildman–Crippen LogP) is 3.44. The molecule has 0 aromatic rings. The third-order valence-electron chi connectivity index (χ3n) is 4.15. The Kier molecular flexibility index (Phi) is 4.00. The summed E-state index contributed by atoms with van der Waals surface area (Å²) in [4.78, 5) is 0. The summed E-state index contributed by atoms with van der Waals surface area (Å²) in [6.45, 7) is 4.84. The van der Waals surface area contributed by atoms with Crippen molar-refractivity contribution < 1.29 is 0 Å². The van der Waals surface area contributed by atoms with E-state index < -0.39 is 0 Å². The second-order valence-corrected chi connectivity index (χ2v) is 7.00. The van der Waals surface area contributed by atoms with E-state index in [1.807, 2.05) is 0 Å². The SMILES string of the molecule is CC1CCC(C)(NC2CCSCC2)CC1. The van der Waals surface area contributed by atoms with Gasteiger partial charge < -0.3 is 5.32 Å². The summed E-state index contributed by atoms with van der Waals surface area (Å²) < 4.78 is 0. The standard InChI is InChI=1S/C13H25NS/c1-11-3-7-13(2,8-4-11)14-12-5-9-15-10-6-12/h11-12,14H,3-10H2,1-2H3. The van der Waals surface area contributed by atoms with Gasteiger partial charge in [0.2, 0.25) is 0 Å². The Morgan fingerprint density at radius 3 is 2.27 bits per heavy atom. The lowest BCUT2D eigenvalue weighted by Gasteiger charge is -2.41. The Labute approximate surface area is 98.8 Å². The lowest BCUT2D eigenvalue weighted by molar-refractivity contribution is 0.190. The second-order valence-electron chi connectivity index (χ2n) is 5.77. The predicted molar refractivity (Wildman–Crippen MR) is 69.5 cm³/mol. The van der Waals surface area contributed by atoms with Crippen molar-refractivity contribution >= 4 is 11.8 Å². The maximum absolute atomic E-state index is 3.94. The molecule has 1 nitrogen and oxygen atoms in total. The molecule has 0 radical (unpaired) electrons. The van der Waals surface area contributed by atoms with Crippen molar-refractivity contribution in [2.75, 3.05) is 11.5 Å². The molecule has 88 valence electrons. The molecular weight excluding hydrogens is 202 g/mol. The van der Waals surface area contributed by atoms with Gasteiger partial charge in [0.25, 0.3) is 0 Å². The molecule has 2 rings (SSSR count). The molecule has 0 amide bonds. The molecule has 15 heavy (non-hydrogen) atoms. The van der Waals surface area contributed by atoms with Gasteiger partial charge in [-0.05, 0) is 62.9 Å². The molecule has 0 spiro atoms. The molecule has 1 saturated carbocycles. The summed E-state index contributed by atoms with van der Waals surface area (Å²) in [5.74, 6) is 3.69. The maximum atomic E-state index is 3.94. The van der Waals surface area contributed by atoms with Gasteiger partial charge in [-0.15, -0.1) is 0 Å². The van der Waals surface area contributed by atoms with Gasteiger partial charge in [0.1, 0.15) is 0 Å². The average molecular weight is 227 g/mol. The molecule has 1 aliphatic heterocycles. The average Bonchev–Trinajstić information content (AvgIpc) is 2.24. The Hall–Kier alpha value is 0.310. The zero-order chi connectivity index (χ0) is 10.7. The van der Waals surface area contributed by atoms with E-state index in [9.17, 15) is 0 Å². The minimum absolute atomic E-state index is 0.458. The molecule has 1 saturated heterocycles. The van der Waals surface area contributed by atoms with Crippen LogP contribution in [0.4, 0.5) is 0 Å². The van der Waals surface area contributed by atoms with Gasteiger partial charge in [0, 0.05) is 11.6 Å². The highest BCUT2D eigenvalue weighted by molar-refractivity contribution is 7.99. The van der Waals surface area contributed by atoms with E-state index in [-0.39, 0.29) is 0 Å². The first-order valence-corrected chi connectivity index (χ1v) is 7.69. The molecule has 2 aliphatic rings. The van der Waals surface area contributed by atoms with Crippen molar-refractivity contribution in [1.29, 1.82) is 0 Å². The molecule has 2 heteroatoms. The molecule has 0 bridgehead atoms. The minimum Gasteiger partial charge on any atom is -0.309 e. The Balaban J connectivity index is 1.81. The van der Waals surface area contributed by atoms with Crippen LogP contribution in [0.3, 0.4) is 0 Å². The van der Waals surface area contributed by atoms with Gasteiger partial charge >= 0.3 is 0 Å². The molecule has 0 aromatic carbocycles. The summed E-state index contributed by atoms with van der Waals surface area (Å²) in [7, 11) is 0. The number of nitrogens with one attached hydrogen (secondary N) is 1. The lowest BCUT2D eigenvalue weighted by Crippen LogP contribution is -2.51. The first kappa shape index (κ1) is 11.8. The van der Waals surface area contributed by atoms with Crippen molar-refractivity contribution in [3.05, 3.63) is 0 Å². The van der Waals surface area contributed by atoms with Crippen LogP contribution < -0.4 is 5.32 Å². The molecule has 1 aliphatic carbocycles. The molecule has 1 N–H and O–H groups in total. The van der Waals surface area contributed by atoms with Gasteiger partial charge in [0.15, 0.2) is 0 Å². The van der Waals surface area contributed by atoms with Gasteiger partial charge in [-0.25, -0.2) is 0 Å². The van der Waals surface area contributed by atoms with E-state index in [0.717, 1.165) is 12.0 Å². The number of thioether (sulfide) groups is 1. The summed E-state index contributed by atoms with van der Waals surface area (Å²) in [6.07, 6.45) is 8.39. The fourth-order valence-corrected chi connectivity index (χ4v) is 3.98. The first-order valence-electron chi connectivity index (χ1n) is 6.53. The van der Waals surface area contributed by atoms with Crippen LogP contribution in [-0.2, 0) is 0 Å². The Morgan fingerprint density at radius 2 is 1.67 bits per heavy atom. The fourth-order valence-electron chi connectivity index (χ4n) is 2.88. The number of hydrogen-bond donors (Lipinski definition) is 1. The highest BCUT2D eigenvalue weighted by atomic mass is 32.2. The zero-order valence-corrected chi connectivity index (χ0v) is 11.0. The van der Waals surface area contributed by atoms with Crippen LogP contribution in [0.15, 0.2) is 0 Å². The van der Waals surface area contributed by atoms with Crippen LogP contribution in [-0.4, -0.2) is 23.1 Å². The molecule has 0 aromatic heterocycles. The topological polar surface area (TPSA) is 12.0 Å². The van der Waals surface area contributed by atoms with Crippen molar-refractivity contribution in [2.24, 2.45) is 5.92 Å². The summed E-state index contributed by atoms with van der Waals surface area (Å²) in [6, 6.07) is 0.810. The smallest absolute Gasteiger partial charge is 0.0156 e. The van der Waals surface area contributed by atoms with E-state index in [1.54, 1.807) is 0 Å². The van der Waals surface area contributed by atoms with Crippen molar-refractivity contribution in [1.82, 2.24) is 5.32 Å². The Bertz CT molecular complexity index is 191. The summed E-state index contributed by atoms with van der Waals surface area (Å²) >= 11 is 2.12. The Morgan fingerprint density at radius 1 is 1.07 bits per heavy atom. The fraction of sp³-hybridized carbons (Fsp3) is 1.00. The summed E-state index contributed by atoms with van der Waals surface area (Å²) in [5.41, 5.74) is 0.458. The normalized spacial score (nSPS) is 39.2. The molecular formula is C13H25NS. The molecule has 1 heterocycles. The van der Waals surface area contributed by atoms with Gasteiger partial charge in [0.05, 0.1) is 0 Å². The molecule has 0 atom stereocenters. The van der Waals surface area contributed by atoms with Crippen molar-refractivity contribution in [2.45, 2.75) is 64.0 Å².